The molecule has 3 aliphatic rings. The molecule has 4 rings (SSSR count). The summed E-state index contributed by atoms with van der Waals surface area (Å²) in [4.78, 5) is 23.8. The van der Waals surface area contributed by atoms with Gasteiger partial charge in [0.05, 0.1) is 0 Å². The van der Waals surface area contributed by atoms with Crippen LogP contribution in [0, 0.1) is 5.41 Å². The molecule has 0 heterocycles. The molecule has 0 bridgehead atoms. The van der Waals surface area contributed by atoms with Crippen molar-refractivity contribution in [3.63, 3.8) is 0 Å². The first-order valence-corrected chi connectivity index (χ1v) is 7.48. The van der Waals surface area contributed by atoms with Crippen molar-refractivity contribution in [1.82, 2.24) is 0 Å². The third kappa shape index (κ3) is 1.45. The largest absolute Gasteiger partial charge is 0.299 e. The summed E-state index contributed by atoms with van der Waals surface area (Å²) in [5, 5.41) is 0. The van der Waals surface area contributed by atoms with Gasteiger partial charge < -0.3 is 0 Å². The molecule has 2 unspecified atom stereocenters. The van der Waals surface area contributed by atoms with Crippen molar-refractivity contribution in [3.8, 4) is 0 Å². The lowest BCUT2D eigenvalue weighted by molar-refractivity contribution is -0.126. The van der Waals surface area contributed by atoms with E-state index in [1.165, 1.54) is 16.7 Å². The van der Waals surface area contributed by atoms with Crippen molar-refractivity contribution < 1.29 is 9.59 Å². The molecule has 0 saturated heterocycles. The second-order valence-electron chi connectivity index (χ2n) is 6.61. The predicted molar refractivity (Wildman–Crippen MR) is 77.6 cm³/mol. The number of fused-ring (bicyclic) bond motifs is 5. The molecule has 1 saturated carbocycles. The Labute approximate surface area is 118 Å². The number of allylic oxidation sites excluding steroid dienone is 1. The normalized spacial score (nSPS) is 30.9. The van der Waals surface area contributed by atoms with Gasteiger partial charge in [-0.15, -0.1) is 0 Å². The van der Waals surface area contributed by atoms with Crippen molar-refractivity contribution in [2.45, 2.75) is 44.9 Å². The summed E-state index contributed by atoms with van der Waals surface area (Å²) in [7, 11) is 0. The molecule has 0 spiro atoms. The zero-order valence-electron chi connectivity index (χ0n) is 11.7. The van der Waals surface area contributed by atoms with Crippen LogP contribution < -0.4 is 0 Å². The Hall–Kier alpha value is -1.70. The summed E-state index contributed by atoms with van der Waals surface area (Å²) in [5.41, 5.74) is 5.02. The van der Waals surface area contributed by atoms with Crippen molar-refractivity contribution >= 4 is 17.6 Å². The quantitative estimate of drug-likeness (QED) is 0.722. The highest BCUT2D eigenvalue weighted by Gasteiger charge is 2.49. The highest BCUT2D eigenvalue weighted by atomic mass is 16.1. The van der Waals surface area contributed by atoms with E-state index in [0.717, 1.165) is 31.2 Å². The average Bonchev–Trinajstić information content (AvgIpc) is 2.74. The maximum Gasteiger partial charge on any atom is 0.160 e. The number of benzene rings is 1. The van der Waals surface area contributed by atoms with E-state index in [9.17, 15) is 9.59 Å². The minimum atomic E-state index is -0.143. The van der Waals surface area contributed by atoms with Crippen LogP contribution in [0.5, 0.6) is 0 Å². The lowest BCUT2D eigenvalue weighted by Gasteiger charge is -2.37. The molecule has 0 N–H and O–H groups in total. The Morgan fingerprint density at radius 3 is 2.85 bits per heavy atom. The molecule has 1 aromatic carbocycles. The van der Waals surface area contributed by atoms with Gasteiger partial charge in [-0.05, 0) is 53.5 Å². The van der Waals surface area contributed by atoms with Crippen molar-refractivity contribution in [3.05, 3.63) is 40.5 Å². The van der Waals surface area contributed by atoms with E-state index in [-0.39, 0.29) is 11.2 Å². The van der Waals surface area contributed by atoms with Crippen molar-refractivity contribution in [2.75, 3.05) is 0 Å². The average molecular weight is 266 g/mol. The SMILES string of the molecule is CC12CCc3c(ccc4c3C=CC(=O)C4)C1CCC2=O. The molecule has 0 amide bonds. The smallest absolute Gasteiger partial charge is 0.160 e. The van der Waals surface area contributed by atoms with Gasteiger partial charge in [0.25, 0.3) is 0 Å². The molecule has 0 radical (unpaired) electrons. The molecule has 102 valence electrons. The number of Topliss-reactive ketones (excluding diaryl/α,β-unsaturated/α-hetero) is 1. The zero-order valence-corrected chi connectivity index (χ0v) is 11.7. The Bertz CT molecular complexity index is 668. The standard InChI is InChI=1S/C18H18O2/c1-18-9-8-14-13-5-3-12(19)10-11(13)2-4-15(14)16(18)6-7-17(18)20/h2-5,16H,6-10H2,1H3. The summed E-state index contributed by atoms with van der Waals surface area (Å²) in [5.74, 6) is 1.01. The van der Waals surface area contributed by atoms with Crippen LogP contribution in [0.25, 0.3) is 6.08 Å². The second-order valence-corrected chi connectivity index (χ2v) is 6.61. The van der Waals surface area contributed by atoms with Gasteiger partial charge in [0, 0.05) is 18.3 Å². The minimum Gasteiger partial charge on any atom is -0.299 e. The second kappa shape index (κ2) is 3.91. The van der Waals surface area contributed by atoms with Crippen LogP contribution in [0.3, 0.4) is 0 Å². The maximum atomic E-state index is 12.2. The molecule has 1 fully saturated rings. The third-order valence-electron chi connectivity index (χ3n) is 5.62. The fraction of sp³-hybridized carbons (Fsp3) is 0.444. The fourth-order valence-electron chi connectivity index (χ4n) is 4.39. The van der Waals surface area contributed by atoms with Gasteiger partial charge >= 0.3 is 0 Å². The molecule has 20 heavy (non-hydrogen) atoms. The van der Waals surface area contributed by atoms with Crippen LogP contribution >= 0.6 is 0 Å². The first kappa shape index (κ1) is 12.1. The van der Waals surface area contributed by atoms with E-state index >= 15 is 0 Å². The molecule has 2 atom stereocenters. The van der Waals surface area contributed by atoms with Crippen molar-refractivity contribution in [1.29, 1.82) is 0 Å². The van der Waals surface area contributed by atoms with Crippen LogP contribution in [0.15, 0.2) is 18.2 Å². The molecule has 0 aliphatic heterocycles. The lowest BCUT2D eigenvalue weighted by atomic mass is 9.65. The van der Waals surface area contributed by atoms with Gasteiger partial charge in [0.15, 0.2) is 5.78 Å². The Balaban J connectivity index is 1.88. The monoisotopic (exact) mass is 266 g/mol. The third-order valence-corrected chi connectivity index (χ3v) is 5.62. The topological polar surface area (TPSA) is 34.1 Å². The van der Waals surface area contributed by atoms with Crippen LogP contribution in [-0.2, 0) is 22.4 Å². The van der Waals surface area contributed by atoms with E-state index in [1.54, 1.807) is 6.08 Å². The van der Waals surface area contributed by atoms with E-state index in [4.69, 9.17) is 0 Å². The number of rotatable bonds is 0. The van der Waals surface area contributed by atoms with E-state index in [0.29, 0.717) is 18.1 Å². The Kier molecular flexibility index (Phi) is 2.36. The molecule has 2 heteroatoms. The van der Waals surface area contributed by atoms with E-state index in [2.05, 4.69) is 19.1 Å². The zero-order chi connectivity index (χ0) is 13.9. The number of ketones is 2. The summed E-state index contributed by atoms with van der Waals surface area (Å²) >= 11 is 0. The lowest BCUT2D eigenvalue weighted by Crippen LogP contribution is -2.33. The highest BCUT2D eigenvalue weighted by molar-refractivity contribution is 5.99. The van der Waals surface area contributed by atoms with Gasteiger partial charge in [0.2, 0.25) is 0 Å². The summed E-state index contributed by atoms with van der Waals surface area (Å²) in [6.45, 7) is 2.15. The van der Waals surface area contributed by atoms with E-state index in [1.807, 2.05) is 6.08 Å². The first-order valence-electron chi connectivity index (χ1n) is 7.48. The predicted octanol–water partition coefficient (Wildman–Crippen LogP) is 3.22. The fourth-order valence-corrected chi connectivity index (χ4v) is 4.39. The molecule has 1 aromatic rings. The highest BCUT2D eigenvalue weighted by Crippen LogP contribution is 2.54. The first-order chi connectivity index (χ1) is 9.59. The molecular formula is C18H18O2. The van der Waals surface area contributed by atoms with Gasteiger partial charge in [-0.2, -0.15) is 0 Å². The van der Waals surface area contributed by atoms with Gasteiger partial charge in [0.1, 0.15) is 5.78 Å². The van der Waals surface area contributed by atoms with Crippen LogP contribution in [-0.4, -0.2) is 11.6 Å². The van der Waals surface area contributed by atoms with Gasteiger partial charge in [-0.25, -0.2) is 0 Å². The van der Waals surface area contributed by atoms with Gasteiger partial charge in [-0.1, -0.05) is 25.1 Å². The number of hydrogen-bond acceptors (Lipinski definition) is 2. The van der Waals surface area contributed by atoms with Crippen molar-refractivity contribution in [2.24, 2.45) is 5.41 Å². The Morgan fingerprint density at radius 1 is 1.15 bits per heavy atom. The number of carbonyl (C=O) groups excluding carboxylic acids is 2. The number of carbonyl (C=O) groups is 2. The molecular weight excluding hydrogens is 248 g/mol. The molecule has 3 aliphatic carbocycles. The summed E-state index contributed by atoms with van der Waals surface area (Å²) in [6, 6.07) is 4.28. The van der Waals surface area contributed by atoms with Gasteiger partial charge in [-0.3, -0.25) is 9.59 Å². The van der Waals surface area contributed by atoms with Crippen LogP contribution in [0.1, 0.15) is 54.4 Å². The van der Waals surface area contributed by atoms with Crippen LogP contribution in [0.4, 0.5) is 0 Å². The maximum absolute atomic E-state index is 12.2. The van der Waals surface area contributed by atoms with Crippen LogP contribution in [0.2, 0.25) is 0 Å². The molecule has 2 nitrogen and oxygen atoms in total. The Morgan fingerprint density at radius 2 is 2.00 bits per heavy atom. The molecule has 0 aromatic heterocycles. The van der Waals surface area contributed by atoms with E-state index < -0.39 is 0 Å². The minimum absolute atomic E-state index is 0.143. The summed E-state index contributed by atoms with van der Waals surface area (Å²) < 4.78 is 0. The number of hydrogen-bond donors (Lipinski definition) is 0. The summed E-state index contributed by atoms with van der Waals surface area (Å²) in [6.07, 6.45) is 7.86.